The summed E-state index contributed by atoms with van der Waals surface area (Å²) in [4.78, 5) is 2.21. The topological polar surface area (TPSA) is 58.6 Å². The van der Waals surface area contributed by atoms with Crippen molar-refractivity contribution < 1.29 is 13.2 Å². The van der Waals surface area contributed by atoms with Crippen LogP contribution in [0.1, 0.15) is 25.3 Å². The Hall–Kier alpha value is -1.11. The average molecular weight is 300 g/mol. The zero-order chi connectivity index (χ0) is 15.3. The molecule has 6 heteroatoms. The van der Waals surface area contributed by atoms with Crippen LogP contribution < -0.4 is 9.46 Å². The largest absolute Gasteiger partial charge is 0.496 e. The summed E-state index contributed by atoms with van der Waals surface area (Å²) < 4.78 is 32.3. The van der Waals surface area contributed by atoms with E-state index in [1.54, 1.807) is 25.3 Å². The summed E-state index contributed by atoms with van der Waals surface area (Å²) in [5, 5.41) is 0. The molecule has 0 aliphatic heterocycles. The first-order valence-corrected chi connectivity index (χ1v) is 8.08. The molecule has 0 aliphatic carbocycles. The highest BCUT2D eigenvalue weighted by Gasteiger charge is 2.17. The first-order chi connectivity index (χ1) is 9.27. The van der Waals surface area contributed by atoms with Gasteiger partial charge in [0.1, 0.15) is 5.75 Å². The molecule has 0 spiro atoms. The molecule has 1 aromatic rings. The van der Waals surface area contributed by atoms with Crippen LogP contribution in [-0.2, 0) is 10.0 Å². The molecule has 0 saturated carbocycles. The van der Waals surface area contributed by atoms with Crippen LogP contribution in [0, 0.1) is 0 Å². The van der Waals surface area contributed by atoms with Gasteiger partial charge in [-0.05, 0) is 43.8 Å². The fraction of sp³-hybridized carbons (Fsp3) is 0.571. The van der Waals surface area contributed by atoms with Gasteiger partial charge in [-0.25, -0.2) is 13.1 Å². The molecule has 0 atom stereocenters. The van der Waals surface area contributed by atoms with E-state index < -0.39 is 10.0 Å². The summed E-state index contributed by atoms with van der Waals surface area (Å²) in [5.74, 6) is 0.911. The molecule has 1 rings (SSSR count). The Morgan fingerprint density at radius 2 is 1.95 bits per heavy atom. The quantitative estimate of drug-likeness (QED) is 0.832. The van der Waals surface area contributed by atoms with Gasteiger partial charge in [0.2, 0.25) is 10.0 Å². The number of hydrogen-bond donors (Lipinski definition) is 1. The third kappa shape index (κ3) is 4.47. The summed E-state index contributed by atoms with van der Waals surface area (Å²) in [5.41, 5.74) is 0.892. The van der Waals surface area contributed by atoms with Gasteiger partial charge < -0.3 is 9.64 Å². The lowest BCUT2D eigenvalue weighted by molar-refractivity contribution is 0.407. The van der Waals surface area contributed by atoms with Crippen LogP contribution in [0.2, 0.25) is 0 Å². The minimum atomic E-state index is -3.47. The lowest BCUT2D eigenvalue weighted by Crippen LogP contribution is -2.31. The Bertz CT molecular complexity index is 539. The van der Waals surface area contributed by atoms with Crippen molar-refractivity contribution >= 4 is 10.0 Å². The second-order valence-electron chi connectivity index (χ2n) is 5.26. The van der Waals surface area contributed by atoms with E-state index in [-0.39, 0.29) is 10.8 Å². The van der Waals surface area contributed by atoms with Gasteiger partial charge in [-0.3, -0.25) is 0 Å². The van der Waals surface area contributed by atoms with E-state index in [1.807, 2.05) is 32.8 Å². The maximum Gasteiger partial charge on any atom is 0.240 e. The molecule has 0 aromatic heterocycles. The molecule has 1 aromatic carbocycles. The van der Waals surface area contributed by atoms with Crippen LogP contribution in [0.4, 0.5) is 0 Å². The molecule has 0 fully saturated rings. The van der Waals surface area contributed by atoms with Crippen molar-refractivity contribution in [3.63, 3.8) is 0 Å². The van der Waals surface area contributed by atoms with Crippen LogP contribution in [0.15, 0.2) is 23.1 Å². The molecule has 20 heavy (non-hydrogen) atoms. The van der Waals surface area contributed by atoms with Crippen LogP contribution in [0.5, 0.6) is 5.75 Å². The van der Waals surface area contributed by atoms with E-state index in [4.69, 9.17) is 4.74 Å². The van der Waals surface area contributed by atoms with Gasteiger partial charge in [0.15, 0.2) is 0 Å². The van der Waals surface area contributed by atoms with Crippen molar-refractivity contribution in [1.82, 2.24) is 9.62 Å². The molecule has 0 saturated heterocycles. The molecule has 0 unspecified atom stereocenters. The third-order valence-corrected chi connectivity index (χ3v) is 4.44. The molecule has 0 heterocycles. The number of methoxy groups -OCH3 is 1. The predicted octanol–water partition coefficient (Wildman–Crippen LogP) is 1.66. The second kappa shape index (κ2) is 7.06. The average Bonchev–Trinajstić information content (AvgIpc) is 2.37. The van der Waals surface area contributed by atoms with Crippen molar-refractivity contribution in [3.05, 3.63) is 23.8 Å². The smallest absolute Gasteiger partial charge is 0.240 e. The number of sulfonamides is 1. The number of benzene rings is 1. The molecular formula is C14H24N2O3S. The first-order valence-electron chi connectivity index (χ1n) is 6.60. The maximum atomic E-state index is 12.2. The fourth-order valence-electron chi connectivity index (χ4n) is 1.82. The highest BCUT2D eigenvalue weighted by molar-refractivity contribution is 7.89. The van der Waals surface area contributed by atoms with Crippen molar-refractivity contribution in [2.75, 3.05) is 34.3 Å². The number of likely N-dealkylation sites (N-methyl/N-ethyl adjacent to an activating group) is 1. The molecular weight excluding hydrogens is 276 g/mol. The zero-order valence-corrected chi connectivity index (χ0v) is 13.6. The number of rotatable bonds is 7. The van der Waals surface area contributed by atoms with E-state index in [0.29, 0.717) is 18.8 Å². The van der Waals surface area contributed by atoms with E-state index in [1.165, 1.54) is 0 Å². The van der Waals surface area contributed by atoms with Gasteiger partial charge in [-0.1, -0.05) is 13.8 Å². The Morgan fingerprint density at radius 3 is 2.45 bits per heavy atom. The summed E-state index contributed by atoms with van der Waals surface area (Å²) in [6.45, 7) is 5.06. The van der Waals surface area contributed by atoms with Gasteiger partial charge in [0, 0.05) is 13.1 Å². The SMILES string of the molecule is COc1ccc(S(=O)(=O)NCCN(C)C)cc1C(C)C. The van der Waals surface area contributed by atoms with Gasteiger partial charge in [0.05, 0.1) is 12.0 Å². The highest BCUT2D eigenvalue weighted by Crippen LogP contribution is 2.28. The lowest BCUT2D eigenvalue weighted by atomic mass is 10.0. The van der Waals surface area contributed by atoms with Gasteiger partial charge in [-0.2, -0.15) is 0 Å². The lowest BCUT2D eigenvalue weighted by Gasteiger charge is -2.15. The molecule has 0 bridgehead atoms. The van der Waals surface area contributed by atoms with E-state index in [2.05, 4.69) is 4.72 Å². The number of hydrogen-bond acceptors (Lipinski definition) is 4. The van der Waals surface area contributed by atoms with Crippen LogP contribution in [0.25, 0.3) is 0 Å². The third-order valence-electron chi connectivity index (χ3n) is 2.98. The van der Waals surface area contributed by atoms with Crippen LogP contribution in [-0.4, -0.2) is 47.6 Å². The number of nitrogens with zero attached hydrogens (tertiary/aromatic N) is 1. The van der Waals surface area contributed by atoms with Crippen molar-refractivity contribution in [2.45, 2.75) is 24.7 Å². The minimum absolute atomic E-state index is 0.196. The summed E-state index contributed by atoms with van der Waals surface area (Å²) in [6.07, 6.45) is 0. The zero-order valence-electron chi connectivity index (χ0n) is 12.8. The molecule has 0 radical (unpaired) electrons. The minimum Gasteiger partial charge on any atom is -0.496 e. The predicted molar refractivity (Wildman–Crippen MR) is 80.8 cm³/mol. The van der Waals surface area contributed by atoms with Crippen LogP contribution in [0.3, 0.4) is 0 Å². The molecule has 1 N–H and O–H groups in total. The van der Waals surface area contributed by atoms with Gasteiger partial charge >= 0.3 is 0 Å². The highest BCUT2D eigenvalue weighted by atomic mass is 32.2. The van der Waals surface area contributed by atoms with Crippen molar-refractivity contribution in [2.24, 2.45) is 0 Å². The molecule has 114 valence electrons. The summed E-state index contributed by atoms with van der Waals surface area (Å²) in [7, 11) is 1.92. The van der Waals surface area contributed by atoms with Crippen LogP contribution >= 0.6 is 0 Å². The fourth-order valence-corrected chi connectivity index (χ4v) is 2.87. The van der Waals surface area contributed by atoms with Gasteiger partial charge in [-0.15, -0.1) is 0 Å². The Labute approximate surface area is 122 Å². The first kappa shape index (κ1) is 16.9. The maximum absolute atomic E-state index is 12.2. The summed E-state index contributed by atoms with van der Waals surface area (Å²) >= 11 is 0. The van der Waals surface area contributed by atoms with Gasteiger partial charge in [0.25, 0.3) is 0 Å². The van der Waals surface area contributed by atoms with E-state index in [9.17, 15) is 8.42 Å². The Morgan fingerprint density at radius 1 is 1.30 bits per heavy atom. The number of nitrogens with one attached hydrogen (secondary N) is 1. The monoisotopic (exact) mass is 300 g/mol. The summed E-state index contributed by atoms with van der Waals surface area (Å²) in [6, 6.07) is 4.96. The Kier molecular flexibility index (Phi) is 5.98. The molecule has 5 nitrogen and oxygen atoms in total. The molecule has 0 amide bonds. The second-order valence-corrected chi connectivity index (χ2v) is 7.03. The van der Waals surface area contributed by atoms with Crippen molar-refractivity contribution in [1.29, 1.82) is 0 Å². The van der Waals surface area contributed by atoms with Crippen molar-refractivity contribution in [3.8, 4) is 5.75 Å². The standard InChI is InChI=1S/C14H24N2O3S/c1-11(2)13-10-12(6-7-14(13)19-5)20(17,18)15-8-9-16(3)4/h6-7,10-11,15H,8-9H2,1-5H3. The normalized spacial score (nSPS) is 12.2. The number of ether oxygens (including phenoxy) is 1. The Balaban J connectivity index is 2.98. The van der Waals surface area contributed by atoms with E-state index >= 15 is 0 Å². The van der Waals surface area contributed by atoms with E-state index in [0.717, 1.165) is 5.56 Å². The molecule has 0 aliphatic rings.